The number of rotatable bonds is 3. The Morgan fingerprint density at radius 2 is 1.92 bits per heavy atom. The third-order valence-electron chi connectivity index (χ3n) is 4.87. The van der Waals surface area contributed by atoms with Gasteiger partial charge in [-0.3, -0.25) is 4.57 Å². The fraction of sp³-hybridized carbons (Fsp3) is 0.667. The summed E-state index contributed by atoms with van der Waals surface area (Å²) < 4.78 is 7.10. The average Bonchev–Trinajstić information content (AvgIpc) is 3.16. The lowest BCUT2D eigenvalue weighted by molar-refractivity contribution is -0.0511. The summed E-state index contributed by atoms with van der Waals surface area (Å²) in [7, 11) is 0. The van der Waals surface area contributed by atoms with E-state index in [0.29, 0.717) is 17.0 Å². The SMILES string of the molecule is Nc1nc(N2CCCCC2)c2ncn([C@H]3O[C@@H](CO)[C@@H](O)[C@H]3O)c2n1. The third-order valence-corrected chi connectivity index (χ3v) is 4.87. The van der Waals surface area contributed by atoms with Gasteiger partial charge in [-0.15, -0.1) is 0 Å². The largest absolute Gasteiger partial charge is 0.394 e. The molecule has 25 heavy (non-hydrogen) atoms. The molecule has 10 heteroatoms. The van der Waals surface area contributed by atoms with Gasteiger partial charge >= 0.3 is 0 Å². The highest BCUT2D eigenvalue weighted by Crippen LogP contribution is 2.33. The first-order valence-corrected chi connectivity index (χ1v) is 8.47. The van der Waals surface area contributed by atoms with Gasteiger partial charge < -0.3 is 30.7 Å². The summed E-state index contributed by atoms with van der Waals surface area (Å²) in [6.45, 7) is 1.37. The molecule has 4 atom stereocenters. The Bertz CT molecular complexity index is 762. The van der Waals surface area contributed by atoms with E-state index in [9.17, 15) is 15.3 Å². The van der Waals surface area contributed by atoms with Crippen LogP contribution in [-0.4, -0.2) is 72.8 Å². The van der Waals surface area contributed by atoms with Crippen molar-refractivity contribution in [1.82, 2.24) is 19.5 Å². The van der Waals surface area contributed by atoms with Gasteiger partial charge in [0, 0.05) is 13.1 Å². The molecule has 2 aliphatic rings. The number of nitrogen functional groups attached to an aromatic ring is 1. The minimum Gasteiger partial charge on any atom is -0.394 e. The van der Waals surface area contributed by atoms with Gasteiger partial charge in [-0.1, -0.05) is 0 Å². The van der Waals surface area contributed by atoms with E-state index in [2.05, 4.69) is 19.9 Å². The lowest BCUT2D eigenvalue weighted by Crippen LogP contribution is -2.33. The van der Waals surface area contributed by atoms with Crippen LogP contribution in [0.5, 0.6) is 0 Å². The van der Waals surface area contributed by atoms with Crippen LogP contribution in [0, 0.1) is 0 Å². The highest BCUT2D eigenvalue weighted by atomic mass is 16.6. The summed E-state index contributed by atoms with van der Waals surface area (Å²) in [6.07, 6.45) is 0.697. The maximum atomic E-state index is 10.3. The smallest absolute Gasteiger partial charge is 0.224 e. The van der Waals surface area contributed by atoms with Crippen molar-refractivity contribution in [1.29, 1.82) is 0 Å². The summed E-state index contributed by atoms with van der Waals surface area (Å²) in [6, 6.07) is 0. The van der Waals surface area contributed by atoms with Gasteiger partial charge in [-0.25, -0.2) is 4.98 Å². The molecule has 0 aromatic carbocycles. The molecule has 4 rings (SSSR count). The van der Waals surface area contributed by atoms with E-state index < -0.39 is 31.1 Å². The van der Waals surface area contributed by atoms with E-state index in [1.165, 1.54) is 17.3 Å². The van der Waals surface area contributed by atoms with E-state index in [1.807, 2.05) is 0 Å². The Morgan fingerprint density at radius 1 is 1.16 bits per heavy atom. The first-order valence-electron chi connectivity index (χ1n) is 8.47. The predicted octanol–water partition coefficient (Wildman–Crippen LogP) is -0.990. The van der Waals surface area contributed by atoms with Gasteiger partial charge in [0.1, 0.15) is 18.3 Å². The Balaban J connectivity index is 1.75. The van der Waals surface area contributed by atoms with E-state index >= 15 is 0 Å². The van der Waals surface area contributed by atoms with Crippen molar-refractivity contribution in [3.8, 4) is 0 Å². The van der Waals surface area contributed by atoms with Gasteiger partial charge in [-0.2, -0.15) is 9.97 Å². The van der Waals surface area contributed by atoms with Crippen molar-refractivity contribution in [2.75, 3.05) is 30.3 Å². The van der Waals surface area contributed by atoms with Crippen LogP contribution in [0.25, 0.3) is 11.2 Å². The monoisotopic (exact) mass is 350 g/mol. The number of nitrogens with zero attached hydrogens (tertiary/aromatic N) is 5. The molecule has 0 spiro atoms. The summed E-state index contributed by atoms with van der Waals surface area (Å²) in [5, 5.41) is 29.5. The van der Waals surface area contributed by atoms with Crippen molar-refractivity contribution in [3.05, 3.63) is 6.33 Å². The third kappa shape index (κ3) is 2.71. The lowest BCUT2D eigenvalue weighted by atomic mass is 10.1. The van der Waals surface area contributed by atoms with Crippen molar-refractivity contribution < 1.29 is 20.1 Å². The predicted molar refractivity (Wildman–Crippen MR) is 88.8 cm³/mol. The van der Waals surface area contributed by atoms with Crippen LogP contribution in [0.4, 0.5) is 11.8 Å². The summed E-state index contributed by atoms with van der Waals surface area (Å²) in [5.41, 5.74) is 6.90. The number of ether oxygens (including phenoxy) is 1. The number of hydrogen-bond donors (Lipinski definition) is 4. The second kappa shape index (κ2) is 6.37. The van der Waals surface area contributed by atoms with Crippen molar-refractivity contribution in [2.24, 2.45) is 0 Å². The second-order valence-corrected chi connectivity index (χ2v) is 6.51. The van der Waals surface area contributed by atoms with Gasteiger partial charge in [0.15, 0.2) is 23.2 Å². The number of hydrogen-bond acceptors (Lipinski definition) is 9. The summed E-state index contributed by atoms with van der Waals surface area (Å²) in [4.78, 5) is 15.1. The molecule has 2 saturated heterocycles. The molecule has 0 radical (unpaired) electrons. The molecule has 0 aliphatic carbocycles. The van der Waals surface area contributed by atoms with Crippen LogP contribution < -0.4 is 10.6 Å². The number of piperidine rings is 1. The van der Waals surface area contributed by atoms with E-state index in [4.69, 9.17) is 10.5 Å². The molecule has 136 valence electrons. The number of aliphatic hydroxyl groups is 3. The Kier molecular flexibility index (Phi) is 4.20. The van der Waals surface area contributed by atoms with E-state index in [-0.39, 0.29) is 5.95 Å². The molecule has 2 aromatic heterocycles. The molecule has 2 aliphatic heterocycles. The normalized spacial score (nSPS) is 30.3. The quantitative estimate of drug-likeness (QED) is 0.548. The number of imidazole rings is 1. The summed E-state index contributed by atoms with van der Waals surface area (Å²) >= 11 is 0. The van der Waals surface area contributed by atoms with Crippen LogP contribution in [-0.2, 0) is 4.74 Å². The molecule has 0 bridgehead atoms. The number of aliphatic hydroxyl groups excluding tert-OH is 3. The summed E-state index contributed by atoms with van der Waals surface area (Å²) in [5.74, 6) is 0.786. The molecule has 0 amide bonds. The fourth-order valence-corrected chi connectivity index (χ4v) is 3.54. The number of fused-ring (bicyclic) bond motifs is 1. The molecule has 0 saturated carbocycles. The van der Waals surface area contributed by atoms with E-state index in [1.54, 1.807) is 0 Å². The highest BCUT2D eigenvalue weighted by Gasteiger charge is 2.44. The fourth-order valence-electron chi connectivity index (χ4n) is 3.54. The van der Waals surface area contributed by atoms with Gasteiger partial charge in [-0.05, 0) is 19.3 Å². The van der Waals surface area contributed by atoms with Gasteiger partial charge in [0.2, 0.25) is 5.95 Å². The molecule has 2 aromatic rings. The Hall–Kier alpha value is -2.01. The van der Waals surface area contributed by atoms with E-state index in [0.717, 1.165) is 25.9 Å². The molecule has 4 heterocycles. The topological polar surface area (TPSA) is 143 Å². The van der Waals surface area contributed by atoms with Crippen LogP contribution in [0.15, 0.2) is 6.33 Å². The first-order chi connectivity index (χ1) is 12.1. The van der Waals surface area contributed by atoms with Gasteiger partial charge in [0.25, 0.3) is 0 Å². The maximum Gasteiger partial charge on any atom is 0.224 e. The molecule has 2 fully saturated rings. The highest BCUT2D eigenvalue weighted by molar-refractivity contribution is 5.84. The lowest BCUT2D eigenvalue weighted by Gasteiger charge is -2.27. The van der Waals surface area contributed by atoms with Gasteiger partial charge in [0.05, 0.1) is 12.9 Å². The Labute approximate surface area is 143 Å². The van der Waals surface area contributed by atoms with Crippen LogP contribution in [0.3, 0.4) is 0 Å². The minimum absolute atomic E-state index is 0.113. The van der Waals surface area contributed by atoms with Crippen molar-refractivity contribution in [3.63, 3.8) is 0 Å². The van der Waals surface area contributed by atoms with Crippen molar-refractivity contribution >= 4 is 22.9 Å². The second-order valence-electron chi connectivity index (χ2n) is 6.51. The average molecular weight is 350 g/mol. The molecule has 5 N–H and O–H groups in total. The number of anilines is 2. The van der Waals surface area contributed by atoms with Crippen LogP contribution in [0.1, 0.15) is 25.5 Å². The maximum absolute atomic E-state index is 10.3. The standard InChI is InChI=1S/C15H22N6O4/c16-15-18-12(20-4-2-1-3-5-20)9-13(19-15)21(7-17-9)14-11(24)10(23)8(6-22)25-14/h7-8,10-11,14,22-24H,1-6H2,(H2,16,18,19)/t8-,10+,11+,14-/m0/s1. The van der Waals surface area contributed by atoms with Crippen molar-refractivity contribution in [2.45, 2.75) is 43.8 Å². The first kappa shape index (κ1) is 16.5. The van der Waals surface area contributed by atoms with Crippen LogP contribution >= 0.6 is 0 Å². The minimum atomic E-state index is -1.20. The number of aromatic nitrogens is 4. The zero-order chi connectivity index (χ0) is 17.6. The zero-order valence-corrected chi connectivity index (χ0v) is 13.7. The van der Waals surface area contributed by atoms with Crippen LogP contribution in [0.2, 0.25) is 0 Å². The molecule has 0 unspecified atom stereocenters. The molecular weight excluding hydrogens is 328 g/mol. The molecule has 10 nitrogen and oxygen atoms in total. The number of nitrogens with two attached hydrogens (primary N) is 1. The zero-order valence-electron chi connectivity index (χ0n) is 13.7. The Morgan fingerprint density at radius 3 is 2.60 bits per heavy atom. The molecular formula is C15H22N6O4.